The standard InChI is InChI=1S/C23H25NO4/c1-4-15(3)14-28-23(26)24-21-18-12-8-6-10-16(18)20(22(25)27-5-2)17-11-7-9-13-19(17)21/h6-13,15H,4-5,14H2,1-3H3,(H,24,26)/t15-/m0/s1. The highest BCUT2D eigenvalue weighted by molar-refractivity contribution is 6.24. The summed E-state index contributed by atoms with van der Waals surface area (Å²) in [5.41, 5.74) is 1.14. The Morgan fingerprint density at radius 2 is 1.43 bits per heavy atom. The summed E-state index contributed by atoms with van der Waals surface area (Å²) in [6.07, 6.45) is 0.437. The highest BCUT2D eigenvalue weighted by Crippen LogP contribution is 2.37. The maximum atomic E-state index is 12.7. The molecule has 0 unspecified atom stereocenters. The molecule has 0 saturated heterocycles. The summed E-state index contributed by atoms with van der Waals surface area (Å²) in [4.78, 5) is 25.1. The van der Waals surface area contributed by atoms with Gasteiger partial charge in [-0.1, -0.05) is 68.8 Å². The Hall–Kier alpha value is -3.08. The van der Waals surface area contributed by atoms with Gasteiger partial charge >= 0.3 is 12.1 Å². The Labute approximate surface area is 164 Å². The SMILES string of the molecule is CCOC(=O)c1c2ccccc2c(NC(=O)OC[C@@H](C)CC)c2ccccc12. The maximum Gasteiger partial charge on any atom is 0.411 e. The summed E-state index contributed by atoms with van der Waals surface area (Å²) in [6, 6.07) is 15.0. The average molecular weight is 379 g/mol. The van der Waals surface area contributed by atoms with Crippen molar-refractivity contribution in [3.63, 3.8) is 0 Å². The normalized spacial score (nSPS) is 12.0. The van der Waals surface area contributed by atoms with Gasteiger partial charge in [0.25, 0.3) is 0 Å². The predicted octanol–water partition coefficient (Wildman–Crippen LogP) is 5.76. The second-order valence-corrected chi connectivity index (χ2v) is 6.80. The third kappa shape index (κ3) is 3.93. The predicted molar refractivity (Wildman–Crippen MR) is 112 cm³/mol. The largest absolute Gasteiger partial charge is 0.462 e. The van der Waals surface area contributed by atoms with Gasteiger partial charge in [0.1, 0.15) is 0 Å². The van der Waals surface area contributed by atoms with Crippen molar-refractivity contribution in [2.75, 3.05) is 18.5 Å². The van der Waals surface area contributed by atoms with E-state index in [2.05, 4.69) is 12.2 Å². The van der Waals surface area contributed by atoms with Crippen LogP contribution in [0.5, 0.6) is 0 Å². The van der Waals surface area contributed by atoms with E-state index in [9.17, 15) is 9.59 Å². The van der Waals surface area contributed by atoms with Crippen LogP contribution in [0.3, 0.4) is 0 Å². The van der Waals surface area contributed by atoms with E-state index in [1.54, 1.807) is 6.92 Å². The summed E-state index contributed by atoms with van der Waals surface area (Å²) in [7, 11) is 0. The zero-order valence-electron chi connectivity index (χ0n) is 16.5. The van der Waals surface area contributed by atoms with Gasteiger partial charge in [0, 0.05) is 10.8 Å². The van der Waals surface area contributed by atoms with Gasteiger partial charge in [0.05, 0.1) is 24.5 Å². The number of hydrogen-bond acceptors (Lipinski definition) is 4. The summed E-state index contributed by atoms with van der Waals surface area (Å²) in [5.74, 6) is -0.0776. The number of amides is 1. The van der Waals surface area contributed by atoms with Crippen LogP contribution in [0.1, 0.15) is 37.6 Å². The van der Waals surface area contributed by atoms with Gasteiger partial charge in [0.2, 0.25) is 0 Å². The van der Waals surface area contributed by atoms with Crippen molar-refractivity contribution in [3.05, 3.63) is 54.1 Å². The minimum absolute atomic E-state index is 0.295. The molecular formula is C23H25NO4. The van der Waals surface area contributed by atoms with Crippen LogP contribution in [0.25, 0.3) is 21.5 Å². The zero-order chi connectivity index (χ0) is 20.1. The molecule has 146 valence electrons. The van der Waals surface area contributed by atoms with Crippen LogP contribution in [0.4, 0.5) is 10.5 Å². The van der Waals surface area contributed by atoms with Gasteiger partial charge in [-0.25, -0.2) is 9.59 Å². The number of rotatable bonds is 6. The lowest BCUT2D eigenvalue weighted by Crippen LogP contribution is -2.18. The molecule has 0 radical (unpaired) electrons. The molecule has 28 heavy (non-hydrogen) atoms. The van der Waals surface area contributed by atoms with Crippen molar-refractivity contribution in [1.29, 1.82) is 0 Å². The van der Waals surface area contributed by atoms with Gasteiger partial charge in [-0.15, -0.1) is 0 Å². The Morgan fingerprint density at radius 1 is 0.893 bits per heavy atom. The Balaban J connectivity index is 2.13. The van der Waals surface area contributed by atoms with Crippen LogP contribution in [-0.2, 0) is 9.47 Å². The number of ether oxygens (including phenoxy) is 2. The van der Waals surface area contributed by atoms with Crippen molar-refractivity contribution in [2.24, 2.45) is 5.92 Å². The topological polar surface area (TPSA) is 64.6 Å². The summed E-state index contributed by atoms with van der Waals surface area (Å²) in [5, 5.41) is 5.90. The fraction of sp³-hybridized carbons (Fsp3) is 0.304. The number of hydrogen-bond donors (Lipinski definition) is 1. The first-order chi connectivity index (χ1) is 13.6. The van der Waals surface area contributed by atoms with Crippen molar-refractivity contribution < 1.29 is 19.1 Å². The van der Waals surface area contributed by atoms with Crippen LogP contribution < -0.4 is 5.32 Å². The van der Waals surface area contributed by atoms with E-state index in [0.29, 0.717) is 30.4 Å². The van der Waals surface area contributed by atoms with E-state index in [1.807, 2.05) is 55.5 Å². The first-order valence-corrected chi connectivity index (χ1v) is 9.61. The van der Waals surface area contributed by atoms with E-state index >= 15 is 0 Å². The third-order valence-electron chi connectivity index (χ3n) is 4.83. The first kappa shape index (κ1) is 19.7. The van der Waals surface area contributed by atoms with E-state index in [0.717, 1.165) is 28.0 Å². The number of fused-ring (bicyclic) bond motifs is 2. The van der Waals surface area contributed by atoms with E-state index < -0.39 is 6.09 Å². The molecule has 0 spiro atoms. The summed E-state index contributed by atoms with van der Waals surface area (Å²) >= 11 is 0. The third-order valence-corrected chi connectivity index (χ3v) is 4.83. The van der Waals surface area contributed by atoms with Gasteiger partial charge in [0.15, 0.2) is 0 Å². The second kappa shape index (κ2) is 8.74. The number of nitrogens with one attached hydrogen (secondary N) is 1. The molecule has 3 aromatic carbocycles. The van der Waals surface area contributed by atoms with E-state index in [4.69, 9.17) is 9.47 Å². The highest BCUT2D eigenvalue weighted by Gasteiger charge is 2.20. The van der Waals surface area contributed by atoms with Crippen molar-refractivity contribution in [2.45, 2.75) is 27.2 Å². The Kier molecular flexibility index (Phi) is 6.14. The molecule has 0 bridgehead atoms. The minimum atomic E-state index is -0.500. The zero-order valence-corrected chi connectivity index (χ0v) is 16.5. The average Bonchev–Trinajstić information content (AvgIpc) is 2.72. The van der Waals surface area contributed by atoms with Crippen molar-refractivity contribution in [3.8, 4) is 0 Å². The van der Waals surface area contributed by atoms with Crippen LogP contribution in [-0.4, -0.2) is 25.3 Å². The molecular weight excluding hydrogens is 354 g/mol. The lowest BCUT2D eigenvalue weighted by Gasteiger charge is -2.17. The molecule has 3 aromatic rings. The molecule has 0 aliphatic rings. The maximum absolute atomic E-state index is 12.7. The molecule has 0 aromatic heterocycles. The number of anilines is 1. The van der Waals surface area contributed by atoms with E-state index in [-0.39, 0.29) is 5.97 Å². The molecule has 0 aliphatic heterocycles. The fourth-order valence-corrected chi connectivity index (χ4v) is 3.16. The molecule has 1 atom stereocenters. The molecule has 1 amide bonds. The van der Waals surface area contributed by atoms with Crippen LogP contribution in [0, 0.1) is 5.92 Å². The van der Waals surface area contributed by atoms with Crippen molar-refractivity contribution >= 4 is 39.3 Å². The minimum Gasteiger partial charge on any atom is -0.462 e. The molecule has 0 fully saturated rings. The Morgan fingerprint density at radius 3 is 1.93 bits per heavy atom. The van der Waals surface area contributed by atoms with Gasteiger partial charge in [-0.2, -0.15) is 0 Å². The molecule has 0 aliphatic carbocycles. The second-order valence-electron chi connectivity index (χ2n) is 6.80. The molecule has 0 saturated carbocycles. The van der Waals surface area contributed by atoms with Gasteiger partial charge < -0.3 is 9.47 Å². The molecule has 5 heteroatoms. The molecule has 0 heterocycles. The molecule has 1 N–H and O–H groups in total. The lowest BCUT2D eigenvalue weighted by atomic mass is 9.94. The summed E-state index contributed by atoms with van der Waals surface area (Å²) < 4.78 is 10.7. The van der Waals surface area contributed by atoms with E-state index in [1.165, 1.54) is 0 Å². The quantitative estimate of drug-likeness (QED) is 0.436. The van der Waals surface area contributed by atoms with Crippen LogP contribution >= 0.6 is 0 Å². The van der Waals surface area contributed by atoms with Gasteiger partial charge in [-0.3, -0.25) is 5.32 Å². The lowest BCUT2D eigenvalue weighted by molar-refractivity contribution is 0.0531. The Bertz CT molecular complexity index is 955. The molecule has 5 nitrogen and oxygen atoms in total. The fourth-order valence-electron chi connectivity index (χ4n) is 3.16. The number of esters is 1. The number of carbonyl (C=O) groups is 2. The van der Waals surface area contributed by atoms with Gasteiger partial charge in [-0.05, 0) is 23.6 Å². The van der Waals surface area contributed by atoms with Crippen LogP contribution in [0.2, 0.25) is 0 Å². The number of carbonyl (C=O) groups excluding carboxylic acids is 2. The van der Waals surface area contributed by atoms with Crippen molar-refractivity contribution in [1.82, 2.24) is 0 Å². The number of benzene rings is 3. The monoisotopic (exact) mass is 379 g/mol. The van der Waals surface area contributed by atoms with Crippen LogP contribution in [0.15, 0.2) is 48.5 Å². The highest BCUT2D eigenvalue weighted by atomic mass is 16.5. The summed E-state index contributed by atoms with van der Waals surface area (Å²) in [6.45, 7) is 6.53. The smallest absolute Gasteiger partial charge is 0.411 e. The molecule has 3 rings (SSSR count). The first-order valence-electron chi connectivity index (χ1n) is 9.61.